The van der Waals surface area contributed by atoms with Crippen molar-refractivity contribution >= 4 is 0 Å². The Morgan fingerprint density at radius 3 is 1.53 bits per heavy atom. The van der Waals surface area contributed by atoms with Crippen LogP contribution >= 0.6 is 0 Å². The second-order valence-corrected chi connectivity index (χ2v) is 8.76. The van der Waals surface area contributed by atoms with E-state index >= 15 is 0 Å². The zero-order chi connectivity index (χ0) is 21.8. The Bertz CT molecular complexity index is 1070. The van der Waals surface area contributed by atoms with Gasteiger partial charge in [0, 0.05) is 25.6 Å². The molecular weight excluding hydrogens is 390 g/mol. The van der Waals surface area contributed by atoms with Crippen LogP contribution < -0.4 is 0 Å². The molecule has 160 valence electrons. The lowest BCUT2D eigenvalue weighted by Gasteiger charge is -2.27. The van der Waals surface area contributed by atoms with E-state index in [4.69, 9.17) is 0 Å². The monoisotopic (exact) mass is 419 g/mol. The smallest absolute Gasteiger partial charge is 0.0676 e. The average Bonchev–Trinajstić information content (AvgIpc) is 3.14. The van der Waals surface area contributed by atoms with Crippen molar-refractivity contribution in [1.29, 1.82) is 0 Å². The third kappa shape index (κ3) is 4.52. The second-order valence-electron chi connectivity index (χ2n) is 8.76. The van der Waals surface area contributed by atoms with Crippen LogP contribution in [0, 0.1) is 0 Å². The summed E-state index contributed by atoms with van der Waals surface area (Å²) in [5, 5.41) is 11.2. The van der Waals surface area contributed by atoms with Crippen LogP contribution in [-0.2, 0) is 13.1 Å². The number of aliphatic hydroxyl groups is 1. The summed E-state index contributed by atoms with van der Waals surface area (Å²) < 4.78 is 0. The lowest BCUT2D eigenvalue weighted by Crippen LogP contribution is -2.32. The molecule has 5 rings (SSSR count). The normalized spacial score (nSPS) is 13.7. The first kappa shape index (κ1) is 20.7. The molecule has 0 saturated heterocycles. The van der Waals surface area contributed by atoms with Crippen molar-refractivity contribution in [1.82, 2.24) is 4.90 Å². The second kappa shape index (κ2) is 9.52. The molecule has 32 heavy (non-hydrogen) atoms. The molecule has 4 aromatic carbocycles. The highest BCUT2D eigenvalue weighted by Gasteiger charge is 2.30. The Balaban J connectivity index is 1.35. The van der Waals surface area contributed by atoms with Crippen LogP contribution in [0.5, 0.6) is 0 Å². The molecule has 1 aliphatic rings. The molecule has 4 aromatic rings. The molecule has 2 heteroatoms. The highest BCUT2D eigenvalue weighted by molar-refractivity contribution is 5.78. The molecule has 1 unspecified atom stereocenters. The molecule has 0 amide bonds. The van der Waals surface area contributed by atoms with Gasteiger partial charge >= 0.3 is 0 Å². The molecule has 0 saturated carbocycles. The van der Waals surface area contributed by atoms with E-state index in [1.165, 1.54) is 33.4 Å². The zero-order valence-corrected chi connectivity index (χ0v) is 18.3. The summed E-state index contributed by atoms with van der Waals surface area (Å²) in [6, 6.07) is 38.4. The molecular formula is C30H29NO. The quantitative estimate of drug-likeness (QED) is 0.365. The van der Waals surface area contributed by atoms with Crippen LogP contribution in [0.1, 0.15) is 34.6 Å². The lowest BCUT2D eigenvalue weighted by atomic mass is 9.91. The Morgan fingerprint density at radius 1 is 0.594 bits per heavy atom. The molecule has 0 aliphatic heterocycles. The summed E-state index contributed by atoms with van der Waals surface area (Å²) in [5.74, 6) is 0.243. The Morgan fingerprint density at radius 2 is 1.03 bits per heavy atom. The largest absolute Gasteiger partial charge is 0.392 e. The van der Waals surface area contributed by atoms with Gasteiger partial charge in [-0.1, -0.05) is 109 Å². The molecule has 1 aliphatic carbocycles. The van der Waals surface area contributed by atoms with E-state index in [1.807, 2.05) is 0 Å². The van der Waals surface area contributed by atoms with Crippen LogP contribution in [0.2, 0.25) is 0 Å². The van der Waals surface area contributed by atoms with Crippen molar-refractivity contribution in [3.05, 3.63) is 131 Å². The SMILES string of the molecule is OC(CC1c2ccccc2-c2ccccc21)CN(Cc1ccccc1)Cc1ccccc1. The fraction of sp³-hybridized carbons (Fsp3) is 0.200. The topological polar surface area (TPSA) is 23.5 Å². The number of fused-ring (bicyclic) bond motifs is 3. The van der Waals surface area contributed by atoms with Gasteiger partial charge in [-0.3, -0.25) is 4.90 Å². The van der Waals surface area contributed by atoms with Gasteiger partial charge in [0.2, 0.25) is 0 Å². The number of hydrogen-bond acceptors (Lipinski definition) is 2. The third-order valence-corrected chi connectivity index (χ3v) is 6.44. The van der Waals surface area contributed by atoms with Gasteiger partial charge < -0.3 is 5.11 Å². The molecule has 0 spiro atoms. The molecule has 1 atom stereocenters. The van der Waals surface area contributed by atoms with E-state index in [0.717, 1.165) is 19.5 Å². The minimum Gasteiger partial charge on any atom is -0.392 e. The van der Waals surface area contributed by atoms with Gasteiger partial charge in [-0.2, -0.15) is 0 Å². The van der Waals surface area contributed by atoms with E-state index in [-0.39, 0.29) is 5.92 Å². The van der Waals surface area contributed by atoms with E-state index in [0.29, 0.717) is 6.54 Å². The van der Waals surface area contributed by atoms with E-state index in [1.54, 1.807) is 0 Å². The molecule has 0 radical (unpaired) electrons. The van der Waals surface area contributed by atoms with Crippen LogP contribution in [0.3, 0.4) is 0 Å². The summed E-state index contributed by atoms with van der Waals surface area (Å²) in [6.45, 7) is 2.29. The predicted octanol–water partition coefficient (Wildman–Crippen LogP) is 6.25. The summed E-state index contributed by atoms with van der Waals surface area (Å²) >= 11 is 0. The Kier molecular flexibility index (Phi) is 6.15. The van der Waals surface area contributed by atoms with E-state index in [9.17, 15) is 5.11 Å². The fourth-order valence-electron chi connectivity index (χ4n) is 5.03. The first-order chi connectivity index (χ1) is 15.8. The highest BCUT2D eigenvalue weighted by Crippen LogP contribution is 2.46. The van der Waals surface area contributed by atoms with Crippen molar-refractivity contribution in [2.45, 2.75) is 31.5 Å². The molecule has 0 bridgehead atoms. The van der Waals surface area contributed by atoms with Gasteiger partial charge in [-0.25, -0.2) is 0 Å². The number of nitrogens with zero attached hydrogens (tertiary/aromatic N) is 1. The minimum atomic E-state index is -0.411. The average molecular weight is 420 g/mol. The van der Waals surface area contributed by atoms with Gasteiger partial charge in [0.1, 0.15) is 0 Å². The van der Waals surface area contributed by atoms with Crippen LogP contribution in [0.25, 0.3) is 11.1 Å². The van der Waals surface area contributed by atoms with E-state index < -0.39 is 6.10 Å². The number of benzene rings is 4. The molecule has 0 heterocycles. The van der Waals surface area contributed by atoms with Gasteiger partial charge in [0.25, 0.3) is 0 Å². The van der Waals surface area contributed by atoms with Crippen molar-refractivity contribution in [2.24, 2.45) is 0 Å². The van der Waals surface area contributed by atoms with Gasteiger partial charge in [-0.15, -0.1) is 0 Å². The molecule has 1 N–H and O–H groups in total. The first-order valence-corrected chi connectivity index (χ1v) is 11.4. The van der Waals surface area contributed by atoms with Crippen molar-refractivity contribution in [3.63, 3.8) is 0 Å². The summed E-state index contributed by atoms with van der Waals surface area (Å²) in [7, 11) is 0. The van der Waals surface area contributed by atoms with Crippen molar-refractivity contribution in [2.75, 3.05) is 6.54 Å². The van der Waals surface area contributed by atoms with Gasteiger partial charge in [0.15, 0.2) is 0 Å². The summed E-state index contributed by atoms with van der Waals surface area (Å²) in [6.07, 6.45) is 0.320. The number of hydrogen-bond donors (Lipinski definition) is 1. The Hall–Kier alpha value is -3.20. The van der Waals surface area contributed by atoms with Crippen LogP contribution in [-0.4, -0.2) is 22.7 Å². The van der Waals surface area contributed by atoms with Gasteiger partial charge in [-0.05, 0) is 39.8 Å². The summed E-state index contributed by atoms with van der Waals surface area (Å²) in [4.78, 5) is 2.36. The number of rotatable bonds is 8. The maximum Gasteiger partial charge on any atom is 0.0676 e. The van der Waals surface area contributed by atoms with Gasteiger partial charge in [0.05, 0.1) is 6.10 Å². The maximum atomic E-state index is 11.2. The maximum absolute atomic E-state index is 11.2. The lowest BCUT2D eigenvalue weighted by molar-refractivity contribution is 0.0946. The first-order valence-electron chi connectivity index (χ1n) is 11.4. The molecule has 0 fully saturated rings. The standard InChI is InChI=1S/C30H29NO/c32-25(19-30-28-17-9-7-15-26(28)27-16-8-10-18-29(27)30)22-31(20-23-11-3-1-4-12-23)21-24-13-5-2-6-14-24/h1-18,25,30,32H,19-22H2. The highest BCUT2D eigenvalue weighted by atomic mass is 16.3. The Labute approximate surface area is 190 Å². The zero-order valence-electron chi connectivity index (χ0n) is 18.3. The fourth-order valence-corrected chi connectivity index (χ4v) is 5.03. The van der Waals surface area contributed by atoms with E-state index in [2.05, 4.69) is 114 Å². The third-order valence-electron chi connectivity index (χ3n) is 6.44. The van der Waals surface area contributed by atoms with Crippen molar-refractivity contribution in [3.8, 4) is 11.1 Å². The summed E-state index contributed by atoms with van der Waals surface area (Å²) in [5.41, 5.74) is 7.84. The molecule has 2 nitrogen and oxygen atoms in total. The molecule has 0 aromatic heterocycles. The number of aliphatic hydroxyl groups excluding tert-OH is 1. The van der Waals surface area contributed by atoms with Crippen LogP contribution in [0.4, 0.5) is 0 Å². The van der Waals surface area contributed by atoms with Crippen LogP contribution in [0.15, 0.2) is 109 Å². The predicted molar refractivity (Wildman–Crippen MR) is 131 cm³/mol. The van der Waals surface area contributed by atoms with Crippen molar-refractivity contribution < 1.29 is 5.11 Å². The minimum absolute atomic E-state index is 0.243.